The minimum atomic E-state index is -0.201. The molecule has 0 spiro atoms. The molecule has 0 aliphatic rings. The van der Waals surface area contributed by atoms with Crippen LogP contribution in [0.5, 0.6) is 0 Å². The van der Waals surface area contributed by atoms with Crippen molar-refractivity contribution in [2.75, 3.05) is 13.2 Å². The normalized spacial score (nSPS) is 9.65. The Bertz CT molecular complexity index is 412. The van der Waals surface area contributed by atoms with Gasteiger partial charge in [-0.05, 0) is 24.6 Å². The molecule has 1 rings (SSSR count). The maximum absolute atomic E-state index is 11.0. The number of aromatic nitrogens is 1. The van der Waals surface area contributed by atoms with Crippen LogP contribution in [0.1, 0.15) is 24.6 Å². The molecular weight excluding hydrogens is 218 g/mol. The molecule has 0 radical (unpaired) electrons. The second-order valence-corrected chi connectivity index (χ2v) is 3.39. The Balaban J connectivity index is 2.27. The molecule has 1 N–H and O–H groups in total. The third-order valence-electron chi connectivity index (χ3n) is 2.08. The van der Waals surface area contributed by atoms with E-state index in [1.54, 1.807) is 19.2 Å². The van der Waals surface area contributed by atoms with Gasteiger partial charge in [0.25, 0.3) is 0 Å². The first-order valence-corrected chi connectivity index (χ1v) is 5.47. The van der Waals surface area contributed by atoms with Crippen molar-refractivity contribution in [3.63, 3.8) is 0 Å². The lowest BCUT2D eigenvalue weighted by atomic mass is 10.2. The fourth-order valence-corrected chi connectivity index (χ4v) is 1.30. The van der Waals surface area contributed by atoms with Crippen LogP contribution in [0.15, 0.2) is 18.3 Å². The molecule has 0 fully saturated rings. The first-order valence-electron chi connectivity index (χ1n) is 5.47. The molecule has 0 saturated carbocycles. The van der Waals surface area contributed by atoms with Crippen molar-refractivity contribution in [2.45, 2.75) is 19.9 Å². The summed E-state index contributed by atoms with van der Waals surface area (Å²) in [6, 6.07) is 5.53. The lowest BCUT2D eigenvalue weighted by molar-refractivity contribution is -0.142. The number of nitrogens with one attached hydrogen (secondary N) is 1. The summed E-state index contributed by atoms with van der Waals surface area (Å²) in [5, 5.41) is 11.8. The zero-order valence-corrected chi connectivity index (χ0v) is 9.77. The summed E-state index contributed by atoms with van der Waals surface area (Å²) in [5.74, 6) is -0.201. The van der Waals surface area contributed by atoms with E-state index in [0.717, 1.165) is 5.56 Å². The number of nitrogens with zero attached hydrogens (tertiary/aromatic N) is 2. The molecule has 0 unspecified atom stereocenters. The Kier molecular flexibility index (Phi) is 5.69. The van der Waals surface area contributed by atoms with Crippen molar-refractivity contribution in [3.05, 3.63) is 29.6 Å². The van der Waals surface area contributed by atoms with Crippen molar-refractivity contribution in [3.8, 4) is 6.07 Å². The van der Waals surface area contributed by atoms with Gasteiger partial charge in [0.1, 0.15) is 11.8 Å². The second kappa shape index (κ2) is 7.36. The second-order valence-electron chi connectivity index (χ2n) is 3.39. The number of hydrogen-bond donors (Lipinski definition) is 1. The van der Waals surface area contributed by atoms with Crippen LogP contribution in [-0.2, 0) is 16.1 Å². The summed E-state index contributed by atoms with van der Waals surface area (Å²) >= 11 is 0. The van der Waals surface area contributed by atoms with Gasteiger partial charge in [-0.15, -0.1) is 0 Å². The summed E-state index contributed by atoms with van der Waals surface area (Å²) in [6.07, 6.45) is 1.95. The number of esters is 1. The summed E-state index contributed by atoms with van der Waals surface area (Å²) in [6.45, 7) is 3.36. The summed E-state index contributed by atoms with van der Waals surface area (Å²) in [4.78, 5) is 14.9. The molecule has 0 amide bonds. The molecule has 0 aliphatic carbocycles. The average molecular weight is 233 g/mol. The molecule has 0 atom stereocenters. The Labute approximate surface area is 100 Å². The maximum atomic E-state index is 11.0. The van der Waals surface area contributed by atoms with E-state index in [2.05, 4.69) is 10.3 Å². The molecule has 5 nitrogen and oxygen atoms in total. The van der Waals surface area contributed by atoms with E-state index in [1.807, 2.05) is 12.1 Å². The molecule has 0 aliphatic heterocycles. The van der Waals surface area contributed by atoms with E-state index in [-0.39, 0.29) is 5.97 Å². The van der Waals surface area contributed by atoms with Gasteiger partial charge in [0, 0.05) is 19.3 Å². The third-order valence-corrected chi connectivity index (χ3v) is 2.08. The molecule has 17 heavy (non-hydrogen) atoms. The average Bonchev–Trinajstić information content (AvgIpc) is 2.35. The summed E-state index contributed by atoms with van der Waals surface area (Å²) in [5.41, 5.74) is 1.37. The highest BCUT2D eigenvalue weighted by molar-refractivity contribution is 5.69. The van der Waals surface area contributed by atoms with Crippen LogP contribution in [0.25, 0.3) is 0 Å². The molecule has 1 aromatic rings. The Morgan fingerprint density at radius 3 is 3.18 bits per heavy atom. The standard InChI is InChI=1S/C12H15N3O2/c1-2-17-12(16)4-5-14-9-10-3-6-15-11(7-10)8-13/h3,6-7,14H,2,4-5,9H2,1H3. The highest BCUT2D eigenvalue weighted by Gasteiger charge is 2.01. The van der Waals surface area contributed by atoms with E-state index < -0.39 is 0 Å². The smallest absolute Gasteiger partial charge is 0.307 e. The van der Waals surface area contributed by atoms with Gasteiger partial charge in [-0.1, -0.05) is 0 Å². The highest BCUT2D eigenvalue weighted by Crippen LogP contribution is 2.00. The molecule has 5 heteroatoms. The minimum absolute atomic E-state index is 0.201. The van der Waals surface area contributed by atoms with Crippen molar-refractivity contribution in [2.24, 2.45) is 0 Å². The van der Waals surface area contributed by atoms with Gasteiger partial charge in [-0.3, -0.25) is 4.79 Å². The number of rotatable bonds is 6. The molecule has 0 bridgehead atoms. The topological polar surface area (TPSA) is 75.0 Å². The van der Waals surface area contributed by atoms with Gasteiger partial charge < -0.3 is 10.1 Å². The lowest BCUT2D eigenvalue weighted by Gasteiger charge is -2.04. The Hall–Kier alpha value is -1.93. The SMILES string of the molecule is CCOC(=O)CCNCc1ccnc(C#N)c1. The number of carbonyl (C=O) groups excluding carboxylic acids is 1. The Morgan fingerprint density at radius 1 is 1.65 bits per heavy atom. The molecular formula is C12H15N3O2. The van der Waals surface area contributed by atoms with Crippen molar-refractivity contribution in [1.29, 1.82) is 5.26 Å². The van der Waals surface area contributed by atoms with Gasteiger partial charge in [-0.25, -0.2) is 4.98 Å². The number of hydrogen-bond acceptors (Lipinski definition) is 5. The van der Waals surface area contributed by atoms with Crippen LogP contribution in [0.3, 0.4) is 0 Å². The highest BCUT2D eigenvalue weighted by atomic mass is 16.5. The van der Waals surface area contributed by atoms with Crippen molar-refractivity contribution < 1.29 is 9.53 Å². The summed E-state index contributed by atoms with van der Waals surface area (Å²) < 4.78 is 4.80. The van der Waals surface area contributed by atoms with E-state index in [4.69, 9.17) is 10.00 Å². The maximum Gasteiger partial charge on any atom is 0.307 e. The first-order chi connectivity index (χ1) is 8.26. The van der Waals surface area contributed by atoms with Crippen LogP contribution in [0.2, 0.25) is 0 Å². The molecule has 0 aromatic carbocycles. The van der Waals surface area contributed by atoms with Gasteiger partial charge in [0.05, 0.1) is 13.0 Å². The minimum Gasteiger partial charge on any atom is -0.466 e. The quantitative estimate of drug-likeness (QED) is 0.586. The van der Waals surface area contributed by atoms with Gasteiger partial charge in [0.15, 0.2) is 0 Å². The molecule has 90 valence electrons. The van der Waals surface area contributed by atoms with Crippen LogP contribution in [-0.4, -0.2) is 24.1 Å². The molecule has 1 aromatic heterocycles. The predicted octanol–water partition coefficient (Wildman–Crippen LogP) is 0.996. The summed E-state index contributed by atoms with van der Waals surface area (Å²) in [7, 11) is 0. The van der Waals surface area contributed by atoms with Crippen LogP contribution in [0, 0.1) is 11.3 Å². The molecule has 0 saturated heterocycles. The number of ether oxygens (including phenoxy) is 1. The third kappa shape index (κ3) is 5.09. The van der Waals surface area contributed by atoms with E-state index >= 15 is 0 Å². The Morgan fingerprint density at radius 2 is 2.47 bits per heavy atom. The zero-order valence-electron chi connectivity index (χ0n) is 9.77. The van der Waals surface area contributed by atoms with Crippen LogP contribution in [0.4, 0.5) is 0 Å². The first kappa shape index (κ1) is 13.1. The molecule has 1 heterocycles. The fraction of sp³-hybridized carbons (Fsp3) is 0.417. The zero-order chi connectivity index (χ0) is 12.5. The largest absolute Gasteiger partial charge is 0.466 e. The lowest BCUT2D eigenvalue weighted by Crippen LogP contribution is -2.19. The fourth-order valence-electron chi connectivity index (χ4n) is 1.30. The number of pyridine rings is 1. The van der Waals surface area contributed by atoms with E-state index in [9.17, 15) is 4.79 Å². The monoisotopic (exact) mass is 233 g/mol. The van der Waals surface area contributed by atoms with Crippen LogP contribution < -0.4 is 5.32 Å². The van der Waals surface area contributed by atoms with Crippen molar-refractivity contribution in [1.82, 2.24) is 10.3 Å². The van der Waals surface area contributed by atoms with Crippen LogP contribution >= 0.6 is 0 Å². The number of carbonyl (C=O) groups is 1. The van der Waals surface area contributed by atoms with E-state index in [0.29, 0.717) is 31.8 Å². The van der Waals surface area contributed by atoms with Gasteiger partial charge in [-0.2, -0.15) is 5.26 Å². The predicted molar refractivity (Wildman–Crippen MR) is 61.9 cm³/mol. The van der Waals surface area contributed by atoms with Crippen molar-refractivity contribution >= 4 is 5.97 Å². The van der Waals surface area contributed by atoms with Gasteiger partial charge >= 0.3 is 5.97 Å². The van der Waals surface area contributed by atoms with Gasteiger partial charge in [0.2, 0.25) is 0 Å². The van der Waals surface area contributed by atoms with E-state index in [1.165, 1.54) is 0 Å². The number of nitriles is 1.